The molecule has 16 heavy (non-hydrogen) atoms. The highest BCUT2D eigenvalue weighted by Gasteiger charge is 2.43. The molecule has 0 amide bonds. The third kappa shape index (κ3) is 2.50. The molecule has 4 heteroatoms. The number of thiophene rings is 1. The lowest BCUT2D eigenvalue weighted by atomic mass is 9.93. The van der Waals surface area contributed by atoms with Crippen molar-refractivity contribution in [3.05, 3.63) is 20.8 Å². The minimum absolute atomic E-state index is 0.175. The van der Waals surface area contributed by atoms with Gasteiger partial charge in [-0.3, -0.25) is 4.90 Å². The number of hydrogen-bond acceptors (Lipinski definition) is 3. The molecule has 90 valence electrons. The van der Waals surface area contributed by atoms with Crippen molar-refractivity contribution in [1.29, 1.82) is 0 Å². The summed E-state index contributed by atoms with van der Waals surface area (Å²) in [4.78, 5) is 2.42. The molecule has 1 aliphatic rings. The van der Waals surface area contributed by atoms with Crippen LogP contribution in [0.2, 0.25) is 0 Å². The zero-order valence-electron chi connectivity index (χ0n) is 9.87. The molecule has 1 aromatic rings. The summed E-state index contributed by atoms with van der Waals surface area (Å²) < 4.78 is 1.21. The standard InChI is InChI=1S/C12H19BrN2S/c1-12(8-14,10-3-4-10)15(2)6-9-5-11(13)16-7-9/h5,7,10H,3-4,6,8,14H2,1-2H3. The molecule has 1 fully saturated rings. The fourth-order valence-electron chi connectivity index (χ4n) is 2.22. The van der Waals surface area contributed by atoms with Gasteiger partial charge in [0.2, 0.25) is 0 Å². The van der Waals surface area contributed by atoms with E-state index >= 15 is 0 Å². The van der Waals surface area contributed by atoms with Gasteiger partial charge in [0.15, 0.2) is 0 Å². The normalized spacial score (nSPS) is 20.1. The Kier molecular flexibility index (Phi) is 3.74. The van der Waals surface area contributed by atoms with Crippen LogP contribution in [-0.2, 0) is 6.54 Å². The van der Waals surface area contributed by atoms with Gasteiger partial charge in [-0.15, -0.1) is 11.3 Å². The van der Waals surface area contributed by atoms with Crippen LogP contribution in [0.25, 0.3) is 0 Å². The van der Waals surface area contributed by atoms with Crippen LogP contribution in [0.3, 0.4) is 0 Å². The topological polar surface area (TPSA) is 29.3 Å². The van der Waals surface area contributed by atoms with Gasteiger partial charge in [0.1, 0.15) is 0 Å². The van der Waals surface area contributed by atoms with Crippen molar-refractivity contribution < 1.29 is 0 Å². The second kappa shape index (κ2) is 4.77. The van der Waals surface area contributed by atoms with Crippen molar-refractivity contribution in [2.75, 3.05) is 13.6 Å². The lowest BCUT2D eigenvalue weighted by Crippen LogP contribution is -2.51. The minimum atomic E-state index is 0.175. The first-order valence-corrected chi connectivity index (χ1v) is 7.38. The van der Waals surface area contributed by atoms with Crippen LogP contribution in [0.1, 0.15) is 25.3 Å². The van der Waals surface area contributed by atoms with E-state index in [9.17, 15) is 0 Å². The smallest absolute Gasteiger partial charge is 0.0701 e. The summed E-state index contributed by atoms with van der Waals surface area (Å²) in [6.07, 6.45) is 2.68. The second-order valence-corrected chi connectivity index (χ2v) is 7.24. The van der Waals surface area contributed by atoms with E-state index in [0.717, 1.165) is 19.0 Å². The van der Waals surface area contributed by atoms with Gasteiger partial charge in [-0.05, 0) is 65.7 Å². The third-order valence-electron chi connectivity index (χ3n) is 3.78. The molecule has 2 nitrogen and oxygen atoms in total. The minimum Gasteiger partial charge on any atom is -0.329 e. The van der Waals surface area contributed by atoms with Gasteiger partial charge >= 0.3 is 0 Å². The molecule has 1 saturated carbocycles. The monoisotopic (exact) mass is 302 g/mol. The molecule has 1 heterocycles. The number of likely N-dealkylation sites (N-methyl/N-ethyl adjacent to an activating group) is 1. The molecule has 0 bridgehead atoms. The van der Waals surface area contributed by atoms with E-state index in [1.807, 2.05) is 0 Å². The Morgan fingerprint density at radius 2 is 2.31 bits per heavy atom. The van der Waals surface area contributed by atoms with Crippen LogP contribution in [0.4, 0.5) is 0 Å². The number of halogens is 1. The number of rotatable bonds is 5. The molecular formula is C12H19BrN2S. The molecule has 1 atom stereocenters. The molecule has 0 aromatic carbocycles. The van der Waals surface area contributed by atoms with E-state index in [0.29, 0.717) is 0 Å². The maximum Gasteiger partial charge on any atom is 0.0701 e. The predicted octanol–water partition coefficient (Wildman–Crippen LogP) is 3.07. The van der Waals surface area contributed by atoms with Crippen molar-refractivity contribution in [3.8, 4) is 0 Å². The zero-order valence-corrected chi connectivity index (χ0v) is 12.3. The van der Waals surface area contributed by atoms with Crippen LogP contribution in [-0.4, -0.2) is 24.0 Å². The lowest BCUT2D eigenvalue weighted by Gasteiger charge is -2.38. The first kappa shape index (κ1) is 12.6. The summed E-state index contributed by atoms with van der Waals surface area (Å²) in [5.41, 5.74) is 7.51. The Balaban J connectivity index is 2.03. The van der Waals surface area contributed by atoms with Gasteiger partial charge in [0.05, 0.1) is 3.79 Å². The fraction of sp³-hybridized carbons (Fsp3) is 0.667. The average molecular weight is 303 g/mol. The van der Waals surface area contributed by atoms with Crippen LogP contribution >= 0.6 is 27.3 Å². The highest BCUT2D eigenvalue weighted by atomic mass is 79.9. The summed E-state index contributed by atoms with van der Waals surface area (Å²) in [5, 5.41) is 2.21. The van der Waals surface area contributed by atoms with Crippen molar-refractivity contribution in [3.63, 3.8) is 0 Å². The Hall–Kier alpha value is 0.1000. The number of nitrogens with zero attached hydrogens (tertiary/aromatic N) is 1. The average Bonchev–Trinajstić information content (AvgIpc) is 3.03. The lowest BCUT2D eigenvalue weighted by molar-refractivity contribution is 0.113. The SMILES string of the molecule is CN(Cc1csc(Br)c1)C(C)(CN)C1CC1. The van der Waals surface area contributed by atoms with E-state index in [1.54, 1.807) is 11.3 Å². The number of hydrogen-bond donors (Lipinski definition) is 1. The Morgan fingerprint density at radius 1 is 1.62 bits per heavy atom. The van der Waals surface area contributed by atoms with E-state index in [4.69, 9.17) is 5.73 Å². The predicted molar refractivity (Wildman–Crippen MR) is 73.7 cm³/mol. The van der Waals surface area contributed by atoms with Crippen molar-refractivity contribution in [1.82, 2.24) is 4.90 Å². The van der Waals surface area contributed by atoms with E-state index in [-0.39, 0.29) is 5.54 Å². The molecular weight excluding hydrogens is 284 g/mol. The van der Waals surface area contributed by atoms with Crippen LogP contribution in [0, 0.1) is 5.92 Å². The van der Waals surface area contributed by atoms with Gasteiger partial charge in [0, 0.05) is 18.6 Å². The molecule has 1 aromatic heterocycles. The van der Waals surface area contributed by atoms with Crippen LogP contribution in [0.5, 0.6) is 0 Å². The summed E-state index contributed by atoms with van der Waals surface area (Å²) in [5.74, 6) is 0.796. The maximum absolute atomic E-state index is 5.96. The molecule has 0 radical (unpaired) electrons. The Morgan fingerprint density at radius 3 is 2.75 bits per heavy atom. The molecule has 0 saturated heterocycles. The van der Waals surface area contributed by atoms with Gasteiger partial charge in [-0.2, -0.15) is 0 Å². The van der Waals surface area contributed by atoms with E-state index < -0.39 is 0 Å². The van der Waals surface area contributed by atoms with Crippen LogP contribution < -0.4 is 5.73 Å². The van der Waals surface area contributed by atoms with Gasteiger partial charge < -0.3 is 5.73 Å². The summed E-state index contributed by atoms with van der Waals surface area (Å²) in [6.45, 7) is 4.04. The molecule has 2 N–H and O–H groups in total. The zero-order chi connectivity index (χ0) is 11.8. The highest BCUT2D eigenvalue weighted by Crippen LogP contribution is 2.42. The first-order valence-electron chi connectivity index (χ1n) is 5.70. The van der Waals surface area contributed by atoms with Crippen molar-refractivity contribution >= 4 is 27.3 Å². The van der Waals surface area contributed by atoms with Crippen molar-refractivity contribution in [2.24, 2.45) is 11.7 Å². The second-order valence-electron chi connectivity index (χ2n) is 4.95. The molecule has 1 aliphatic carbocycles. The summed E-state index contributed by atoms with van der Waals surface area (Å²) in [6, 6.07) is 2.20. The quantitative estimate of drug-likeness (QED) is 0.906. The largest absolute Gasteiger partial charge is 0.329 e. The van der Waals surface area contributed by atoms with Crippen LogP contribution in [0.15, 0.2) is 15.2 Å². The highest BCUT2D eigenvalue weighted by molar-refractivity contribution is 9.11. The van der Waals surface area contributed by atoms with E-state index in [1.165, 1.54) is 22.2 Å². The third-order valence-corrected chi connectivity index (χ3v) is 5.34. The molecule has 0 aliphatic heterocycles. The van der Waals surface area contributed by atoms with Gasteiger partial charge in [-0.25, -0.2) is 0 Å². The van der Waals surface area contributed by atoms with Gasteiger partial charge in [0.25, 0.3) is 0 Å². The Labute approximate surface area is 110 Å². The molecule has 1 unspecified atom stereocenters. The summed E-state index contributed by atoms with van der Waals surface area (Å²) in [7, 11) is 2.19. The summed E-state index contributed by atoms with van der Waals surface area (Å²) >= 11 is 5.25. The number of nitrogens with two attached hydrogens (primary N) is 1. The first-order chi connectivity index (χ1) is 7.56. The van der Waals surface area contributed by atoms with Crippen molar-refractivity contribution in [2.45, 2.75) is 31.8 Å². The maximum atomic E-state index is 5.96. The molecule has 2 rings (SSSR count). The molecule has 0 spiro atoms. The van der Waals surface area contributed by atoms with Gasteiger partial charge in [-0.1, -0.05) is 0 Å². The fourth-order valence-corrected chi connectivity index (χ4v) is 3.42. The Bertz CT molecular complexity index is 362. The van der Waals surface area contributed by atoms with E-state index in [2.05, 4.69) is 46.2 Å².